The Kier molecular flexibility index (Phi) is 10.1. The molecule has 2 rings (SSSR count). The van der Waals surface area contributed by atoms with Crippen LogP contribution in [0.5, 0.6) is 0 Å². The van der Waals surface area contributed by atoms with Crippen molar-refractivity contribution in [2.24, 2.45) is 5.73 Å². The predicted molar refractivity (Wildman–Crippen MR) is 134 cm³/mol. The second-order valence-electron chi connectivity index (χ2n) is 7.74. The van der Waals surface area contributed by atoms with Crippen LogP contribution in [0.15, 0.2) is 71.3 Å². The lowest BCUT2D eigenvalue weighted by Crippen LogP contribution is -2.44. The lowest BCUT2D eigenvalue weighted by Gasteiger charge is -2.32. The van der Waals surface area contributed by atoms with Crippen LogP contribution in [0, 0.1) is 0 Å². The van der Waals surface area contributed by atoms with Crippen molar-refractivity contribution in [1.29, 1.82) is 0 Å². The van der Waals surface area contributed by atoms with Gasteiger partial charge in [-0.05, 0) is 44.1 Å². The molecule has 0 bridgehead atoms. The average molecular weight is 435 g/mol. The molecule has 1 aromatic heterocycles. The van der Waals surface area contributed by atoms with E-state index in [0.717, 1.165) is 32.5 Å². The number of hydrogen-bond donors (Lipinski definition) is 3. The number of aromatic nitrogens is 1. The fraction of sp³-hybridized carbons (Fsp3) is 0.375. The number of nitrogens with zero attached hydrogens (tertiary/aromatic N) is 2. The van der Waals surface area contributed by atoms with E-state index in [1.165, 1.54) is 6.07 Å². The summed E-state index contributed by atoms with van der Waals surface area (Å²) < 4.78 is 6.95. The molecule has 0 saturated carbocycles. The Balaban J connectivity index is 1.91. The Morgan fingerprint density at radius 2 is 2.03 bits per heavy atom. The second-order valence-corrected chi connectivity index (χ2v) is 7.74. The van der Waals surface area contributed by atoms with Gasteiger partial charge in [-0.3, -0.25) is 4.79 Å². The standard InChI is InChI=1S/C24H34BN5O2/c1-4-6-18(25)15-19(26)17-28-20-9-11-29(12-10-20)13-14-30-23(16-21(5-2)32-3)22(27)7-8-24(30)31/h4-8,15-16,20,28H,1-2,9-14,17,26-27H2,3H3/b18-6+,19-15-,21-16+. The number of methoxy groups -OCH3 is 1. The summed E-state index contributed by atoms with van der Waals surface area (Å²) in [7, 11) is 7.38. The molecule has 0 aliphatic carbocycles. The number of piperidine rings is 1. The molecule has 0 unspecified atom stereocenters. The van der Waals surface area contributed by atoms with Crippen molar-refractivity contribution in [2.75, 3.05) is 39.0 Å². The van der Waals surface area contributed by atoms with Crippen molar-refractivity contribution in [3.8, 4) is 0 Å². The van der Waals surface area contributed by atoms with Gasteiger partial charge in [0.2, 0.25) is 0 Å². The van der Waals surface area contributed by atoms with Gasteiger partial charge in [0, 0.05) is 43.5 Å². The third-order valence-electron chi connectivity index (χ3n) is 5.46. The molecule has 2 radical (unpaired) electrons. The fourth-order valence-corrected chi connectivity index (χ4v) is 3.65. The molecule has 1 fully saturated rings. The first-order chi connectivity index (χ1) is 15.4. The monoisotopic (exact) mass is 435 g/mol. The van der Waals surface area contributed by atoms with E-state index in [4.69, 9.17) is 24.1 Å². The molecule has 0 aromatic carbocycles. The van der Waals surface area contributed by atoms with E-state index in [-0.39, 0.29) is 5.56 Å². The van der Waals surface area contributed by atoms with Crippen molar-refractivity contribution in [1.82, 2.24) is 14.8 Å². The summed E-state index contributed by atoms with van der Waals surface area (Å²) in [5.41, 5.74) is 14.5. The number of hydrogen-bond acceptors (Lipinski definition) is 6. The van der Waals surface area contributed by atoms with Crippen LogP contribution in [-0.2, 0) is 11.3 Å². The molecule has 1 aromatic rings. The van der Waals surface area contributed by atoms with E-state index in [0.29, 0.717) is 47.4 Å². The lowest BCUT2D eigenvalue weighted by atomic mass is 9.94. The molecule has 0 amide bonds. The highest BCUT2D eigenvalue weighted by molar-refractivity contribution is 6.23. The predicted octanol–water partition coefficient (Wildman–Crippen LogP) is 1.74. The highest BCUT2D eigenvalue weighted by Gasteiger charge is 2.19. The summed E-state index contributed by atoms with van der Waals surface area (Å²) in [6.07, 6.45) is 10.4. The molecule has 7 nitrogen and oxygen atoms in total. The molecule has 5 N–H and O–H groups in total. The van der Waals surface area contributed by atoms with Gasteiger partial charge >= 0.3 is 0 Å². The van der Waals surface area contributed by atoms with Gasteiger partial charge < -0.3 is 31.0 Å². The third kappa shape index (κ3) is 7.62. The summed E-state index contributed by atoms with van der Waals surface area (Å²) in [5, 5.41) is 3.49. The molecule has 0 atom stereocenters. The van der Waals surface area contributed by atoms with E-state index in [9.17, 15) is 4.79 Å². The maximum Gasteiger partial charge on any atom is 0.251 e. The Labute approximate surface area is 192 Å². The van der Waals surface area contributed by atoms with Crippen LogP contribution in [0.25, 0.3) is 6.08 Å². The molecule has 1 saturated heterocycles. The van der Waals surface area contributed by atoms with Gasteiger partial charge in [-0.25, -0.2) is 0 Å². The number of rotatable bonds is 11. The zero-order chi connectivity index (χ0) is 23.5. The SMILES string of the molecule is [B]C(=C/C=C)/C=C(\N)CNC1CCN(CCn2c(/C=C(\C=C)OC)c(N)ccc2=O)CC1. The van der Waals surface area contributed by atoms with Crippen molar-refractivity contribution >= 4 is 19.6 Å². The normalized spacial score (nSPS) is 16.7. The molecule has 32 heavy (non-hydrogen) atoms. The van der Waals surface area contributed by atoms with Gasteiger partial charge in [-0.1, -0.05) is 30.8 Å². The minimum absolute atomic E-state index is 0.0893. The van der Waals surface area contributed by atoms with E-state index < -0.39 is 0 Å². The van der Waals surface area contributed by atoms with Gasteiger partial charge in [0.25, 0.3) is 5.56 Å². The Morgan fingerprint density at radius 1 is 1.31 bits per heavy atom. The number of nitrogen functional groups attached to an aromatic ring is 1. The highest BCUT2D eigenvalue weighted by atomic mass is 16.5. The summed E-state index contributed by atoms with van der Waals surface area (Å²) in [6, 6.07) is 3.52. The summed E-state index contributed by atoms with van der Waals surface area (Å²) >= 11 is 0. The average Bonchev–Trinajstić information content (AvgIpc) is 2.78. The van der Waals surface area contributed by atoms with Crippen LogP contribution < -0.4 is 22.3 Å². The highest BCUT2D eigenvalue weighted by Crippen LogP contribution is 2.16. The Morgan fingerprint density at radius 3 is 2.66 bits per heavy atom. The van der Waals surface area contributed by atoms with E-state index in [1.54, 1.807) is 48.1 Å². The van der Waals surface area contributed by atoms with Crippen LogP contribution in [0.1, 0.15) is 18.5 Å². The maximum absolute atomic E-state index is 12.5. The third-order valence-corrected chi connectivity index (χ3v) is 5.46. The van der Waals surface area contributed by atoms with E-state index in [1.807, 2.05) is 0 Å². The molecule has 8 heteroatoms. The molecular weight excluding hydrogens is 401 g/mol. The van der Waals surface area contributed by atoms with Crippen molar-refractivity contribution in [3.05, 3.63) is 82.6 Å². The largest absolute Gasteiger partial charge is 0.497 e. The maximum atomic E-state index is 12.5. The van der Waals surface area contributed by atoms with Crippen LogP contribution in [0.4, 0.5) is 5.69 Å². The number of pyridine rings is 1. The van der Waals surface area contributed by atoms with Gasteiger partial charge in [-0.2, -0.15) is 0 Å². The van der Waals surface area contributed by atoms with Crippen LogP contribution in [0.3, 0.4) is 0 Å². The molecular formula is C24H34BN5O2. The smallest absolute Gasteiger partial charge is 0.251 e. The van der Waals surface area contributed by atoms with Gasteiger partial charge in [0.15, 0.2) is 0 Å². The summed E-state index contributed by atoms with van der Waals surface area (Å²) in [4.78, 5) is 14.8. The topological polar surface area (TPSA) is 98.5 Å². The van der Waals surface area contributed by atoms with Crippen LogP contribution in [-0.4, -0.2) is 56.6 Å². The summed E-state index contributed by atoms with van der Waals surface area (Å²) in [6.45, 7) is 11.1. The zero-order valence-electron chi connectivity index (χ0n) is 18.9. The summed E-state index contributed by atoms with van der Waals surface area (Å²) in [5.74, 6) is 0.554. The molecule has 170 valence electrons. The molecule has 2 heterocycles. The van der Waals surface area contributed by atoms with Crippen LogP contribution >= 0.6 is 0 Å². The lowest BCUT2D eigenvalue weighted by molar-refractivity contribution is 0.192. The Hall–Kier alpha value is -2.97. The number of nitrogens with two attached hydrogens (primary N) is 2. The second kappa shape index (κ2) is 12.8. The number of ether oxygens (including phenoxy) is 1. The van der Waals surface area contributed by atoms with Crippen molar-refractivity contribution < 1.29 is 4.74 Å². The number of nitrogens with one attached hydrogen (secondary N) is 1. The first kappa shape index (κ1) is 25.3. The zero-order valence-corrected chi connectivity index (χ0v) is 18.9. The van der Waals surface area contributed by atoms with Crippen molar-refractivity contribution in [3.63, 3.8) is 0 Å². The first-order valence-corrected chi connectivity index (χ1v) is 10.7. The molecule has 1 aliphatic rings. The van der Waals surface area contributed by atoms with Gasteiger partial charge in [-0.15, -0.1) is 0 Å². The van der Waals surface area contributed by atoms with E-state index in [2.05, 4.69) is 23.4 Å². The molecule has 0 spiro atoms. The fourth-order valence-electron chi connectivity index (χ4n) is 3.65. The molecule has 1 aliphatic heterocycles. The number of anilines is 1. The first-order valence-electron chi connectivity index (χ1n) is 10.7. The van der Waals surface area contributed by atoms with Crippen molar-refractivity contribution in [2.45, 2.75) is 25.4 Å². The number of likely N-dealkylation sites (tertiary alicyclic amines) is 1. The van der Waals surface area contributed by atoms with Gasteiger partial charge in [0.1, 0.15) is 13.6 Å². The van der Waals surface area contributed by atoms with Gasteiger partial charge in [0.05, 0.1) is 18.5 Å². The Bertz CT molecular complexity index is 940. The van der Waals surface area contributed by atoms with Crippen LogP contribution in [0.2, 0.25) is 0 Å². The number of allylic oxidation sites excluding steroid dienone is 5. The van der Waals surface area contributed by atoms with E-state index >= 15 is 0 Å². The minimum atomic E-state index is -0.0893. The quantitative estimate of drug-likeness (QED) is 0.278. The minimum Gasteiger partial charge on any atom is -0.497 e.